The van der Waals surface area contributed by atoms with Gasteiger partial charge in [0.2, 0.25) is 5.16 Å². The Morgan fingerprint density at radius 1 is 1.29 bits per heavy atom. The number of rotatable bonds is 7. The van der Waals surface area contributed by atoms with Crippen LogP contribution in [-0.4, -0.2) is 46.2 Å². The van der Waals surface area contributed by atoms with E-state index in [1.165, 1.54) is 11.8 Å². The van der Waals surface area contributed by atoms with Crippen LogP contribution >= 0.6 is 11.8 Å². The van der Waals surface area contributed by atoms with Gasteiger partial charge in [-0.3, -0.25) is 0 Å². The fourth-order valence-corrected chi connectivity index (χ4v) is 2.11. The normalized spacial score (nSPS) is 11.2. The van der Waals surface area contributed by atoms with Crippen molar-refractivity contribution in [3.8, 4) is 0 Å². The highest BCUT2D eigenvalue weighted by atomic mass is 32.2. The number of likely N-dealkylation sites (N-methyl/N-ethyl adjacent to an activating group) is 1. The zero-order valence-electron chi connectivity index (χ0n) is 12.0. The number of benzene rings is 1. The van der Waals surface area contributed by atoms with Gasteiger partial charge in [0.25, 0.3) is 5.95 Å². The zero-order chi connectivity index (χ0) is 15.1. The molecule has 0 unspecified atom stereocenters. The van der Waals surface area contributed by atoms with Gasteiger partial charge >= 0.3 is 0 Å². The number of anilines is 1. The van der Waals surface area contributed by atoms with Gasteiger partial charge < -0.3 is 10.0 Å². The van der Waals surface area contributed by atoms with E-state index in [1.54, 1.807) is 0 Å². The van der Waals surface area contributed by atoms with Crippen LogP contribution in [0.4, 0.5) is 17.3 Å². The molecular weight excluding hydrogens is 288 g/mol. The monoisotopic (exact) mass is 306 g/mol. The Morgan fingerprint density at radius 3 is 2.62 bits per heavy atom. The predicted octanol–water partition coefficient (Wildman–Crippen LogP) is 2.76. The SMILES string of the molecule is CCN(CCO)c1ccc(N=Nc2nc(SC)n[nH]2)cc1. The molecule has 0 amide bonds. The van der Waals surface area contributed by atoms with Crippen LogP contribution in [-0.2, 0) is 0 Å². The summed E-state index contributed by atoms with van der Waals surface area (Å²) in [6.45, 7) is 3.65. The molecule has 2 aromatic rings. The van der Waals surface area contributed by atoms with Gasteiger partial charge in [-0.25, -0.2) is 5.10 Å². The Balaban J connectivity index is 2.04. The van der Waals surface area contributed by atoms with Crippen LogP contribution in [0.2, 0.25) is 0 Å². The molecule has 1 aromatic heterocycles. The summed E-state index contributed by atoms with van der Waals surface area (Å²) in [5, 5.41) is 24.4. The minimum atomic E-state index is 0.137. The first-order valence-electron chi connectivity index (χ1n) is 6.60. The highest BCUT2D eigenvalue weighted by Crippen LogP contribution is 2.21. The van der Waals surface area contributed by atoms with Gasteiger partial charge in [0.05, 0.1) is 12.3 Å². The number of H-pyrrole nitrogens is 1. The van der Waals surface area contributed by atoms with E-state index in [-0.39, 0.29) is 6.61 Å². The topological polar surface area (TPSA) is 89.8 Å². The average Bonchev–Trinajstić information content (AvgIpc) is 2.99. The van der Waals surface area contributed by atoms with E-state index in [9.17, 15) is 0 Å². The number of nitrogens with one attached hydrogen (secondary N) is 1. The highest BCUT2D eigenvalue weighted by molar-refractivity contribution is 7.98. The molecular formula is C13H18N6OS. The van der Waals surface area contributed by atoms with Crippen LogP contribution in [0, 0.1) is 0 Å². The molecule has 0 atom stereocenters. The molecule has 2 rings (SSSR count). The molecule has 0 aliphatic carbocycles. The average molecular weight is 306 g/mol. The molecule has 0 aliphatic rings. The van der Waals surface area contributed by atoms with Crippen molar-refractivity contribution in [1.82, 2.24) is 15.2 Å². The number of aliphatic hydroxyl groups is 1. The second-order valence-electron chi connectivity index (χ2n) is 4.17. The molecule has 2 N–H and O–H groups in total. The number of hydrogen-bond acceptors (Lipinski definition) is 7. The Kier molecular flexibility index (Phi) is 5.70. The molecule has 21 heavy (non-hydrogen) atoms. The number of hydrogen-bond donors (Lipinski definition) is 2. The molecule has 1 aromatic carbocycles. The van der Waals surface area contributed by atoms with E-state index in [4.69, 9.17) is 5.11 Å². The lowest BCUT2D eigenvalue weighted by Gasteiger charge is -2.21. The first-order chi connectivity index (χ1) is 10.3. The molecule has 0 spiro atoms. The third-order valence-corrected chi connectivity index (χ3v) is 3.41. The van der Waals surface area contributed by atoms with E-state index in [1.807, 2.05) is 30.5 Å². The smallest absolute Gasteiger partial charge is 0.265 e. The molecule has 112 valence electrons. The zero-order valence-corrected chi connectivity index (χ0v) is 12.8. The first kappa shape index (κ1) is 15.5. The maximum absolute atomic E-state index is 9.02. The summed E-state index contributed by atoms with van der Waals surface area (Å²) in [5.41, 5.74) is 1.79. The molecule has 7 nitrogen and oxygen atoms in total. The van der Waals surface area contributed by atoms with Gasteiger partial charge in [0.1, 0.15) is 0 Å². The van der Waals surface area contributed by atoms with Crippen molar-refractivity contribution in [2.24, 2.45) is 10.2 Å². The van der Waals surface area contributed by atoms with Gasteiger partial charge in [-0.2, -0.15) is 4.98 Å². The summed E-state index contributed by atoms with van der Waals surface area (Å²) in [7, 11) is 0. The van der Waals surface area contributed by atoms with Gasteiger partial charge in [0.15, 0.2) is 0 Å². The first-order valence-corrected chi connectivity index (χ1v) is 7.83. The molecule has 0 bridgehead atoms. The van der Waals surface area contributed by atoms with E-state index in [0.29, 0.717) is 17.6 Å². The van der Waals surface area contributed by atoms with Crippen molar-refractivity contribution in [3.05, 3.63) is 24.3 Å². The number of thioether (sulfide) groups is 1. The van der Waals surface area contributed by atoms with Crippen molar-refractivity contribution in [1.29, 1.82) is 0 Å². The van der Waals surface area contributed by atoms with Crippen molar-refractivity contribution in [3.63, 3.8) is 0 Å². The lowest BCUT2D eigenvalue weighted by atomic mass is 10.2. The molecule has 0 saturated heterocycles. The minimum absolute atomic E-state index is 0.137. The molecule has 1 heterocycles. The third kappa shape index (κ3) is 4.27. The van der Waals surface area contributed by atoms with Crippen molar-refractivity contribution >= 4 is 29.1 Å². The predicted molar refractivity (Wildman–Crippen MR) is 83.8 cm³/mol. The number of azo groups is 1. The fraction of sp³-hybridized carbons (Fsp3) is 0.385. The van der Waals surface area contributed by atoms with E-state index in [2.05, 4.69) is 37.2 Å². The van der Waals surface area contributed by atoms with Crippen LogP contribution < -0.4 is 4.90 Å². The van der Waals surface area contributed by atoms with Crippen LogP contribution in [0.3, 0.4) is 0 Å². The second kappa shape index (κ2) is 7.75. The maximum Gasteiger partial charge on any atom is 0.265 e. The van der Waals surface area contributed by atoms with Gasteiger partial charge in [0, 0.05) is 18.8 Å². The Labute approximate surface area is 127 Å². The standard InChI is InChI=1S/C13H18N6OS/c1-3-19(8-9-20)11-6-4-10(5-7-11)15-16-12-14-13(21-2)18-17-12/h4-7,20H,3,8-9H2,1-2H3,(H,14,17,18). The second-order valence-corrected chi connectivity index (χ2v) is 4.94. The molecule has 0 aliphatic heterocycles. The summed E-state index contributed by atoms with van der Waals surface area (Å²) in [4.78, 5) is 6.21. The van der Waals surface area contributed by atoms with Gasteiger partial charge in [-0.1, -0.05) is 11.8 Å². The van der Waals surface area contributed by atoms with E-state index >= 15 is 0 Å². The molecule has 0 saturated carbocycles. The Bertz CT molecular complexity index is 583. The van der Waals surface area contributed by atoms with Crippen molar-refractivity contribution in [2.75, 3.05) is 30.9 Å². The van der Waals surface area contributed by atoms with Crippen molar-refractivity contribution < 1.29 is 5.11 Å². The van der Waals surface area contributed by atoms with Gasteiger partial charge in [-0.05, 0) is 37.4 Å². The van der Waals surface area contributed by atoms with Crippen LogP contribution in [0.15, 0.2) is 39.7 Å². The number of aliphatic hydroxyl groups excluding tert-OH is 1. The van der Waals surface area contributed by atoms with E-state index < -0.39 is 0 Å². The molecule has 0 radical (unpaired) electrons. The van der Waals surface area contributed by atoms with Gasteiger partial charge in [-0.15, -0.1) is 15.3 Å². The number of aromatic amines is 1. The quantitative estimate of drug-likeness (QED) is 0.606. The highest BCUT2D eigenvalue weighted by Gasteiger charge is 2.03. The third-order valence-electron chi connectivity index (χ3n) is 2.86. The molecule has 0 fully saturated rings. The van der Waals surface area contributed by atoms with Crippen LogP contribution in [0.25, 0.3) is 0 Å². The lowest BCUT2D eigenvalue weighted by molar-refractivity contribution is 0.302. The minimum Gasteiger partial charge on any atom is -0.395 e. The summed E-state index contributed by atoms with van der Waals surface area (Å²) >= 11 is 1.44. The summed E-state index contributed by atoms with van der Waals surface area (Å²) in [6.07, 6.45) is 1.90. The fourth-order valence-electron chi connectivity index (χ4n) is 1.80. The summed E-state index contributed by atoms with van der Waals surface area (Å²) in [5.74, 6) is 0.388. The number of nitrogens with zero attached hydrogens (tertiary/aromatic N) is 5. The molecule has 8 heteroatoms. The number of aromatic nitrogens is 3. The van der Waals surface area contributed by atoms with Crippen LogP contribution in [0.1, 0.15) is 6.92 Å². The summed E-state index contributed by atoms with van der Waals surface area (Å²) in [6, 6.07) is 7.68. The van der Waals surface area contributed by atoms with Crippen LogP contribution in [0.5, 0.6) is 0 Å². The summed E-state index contributed by atoms with van der Waals surface area (Å²) < 4.78 is 0. The Morgan fingerprint density at radius 2 is 2.05 bits per heavy atom. The Hall–Kier alpha value is -1.93. The maximum atomic E-state index is 9.02. The lowest BCUT2D eigenvalue weighted by Crippen LogP contribution is -2.25. The largest absolute Gasteiger partial charge is 0.395 e. The van der Waals surface area contributed by atoms with E-state index in [0.717, 1.165) is 17.9 Å². The van der Waals surface area contributed by atoms with Crippen molar-refractivity contribution in [2.45, 2.75) is 12.1 Å².